The third kappa shape index (κ3) is 3.32. The maximum Gasteiger partial charge on any atom is 0.291 e. The van der Waals surface area contributed by atoms with Gasteiger partial charge in [0, 0.05) is 19.2 Å². The molecule has 3 rings (SSSR count). The van der Waals surface area contributed by atoms with Crippen molar-refractivity contribution in [3.63, 3.8) is 0 Å². The highest BCUT2D eigenvalue weighted by atomic mass is 35.5. The fraction of sp³-hybridized carbons (Fsp3) is 0.444. The molecule has 0 bridgehead atoms. The summed E-state index contributed by atoms with van der Waals surface area (Å²) in [5, 5.41) is 0. The molecule has 0 radical (unpaired) electrons. The molecule has 2 heterocycles. The number of carbonyl (C=O) groups excluding carboxylic acids is 1. The quantitative estimate of drug-likeness (QED) is 0.799. The molecule has 0 saturated carbocycles. The van der Waals surface area contributed by atoms with Crippen molar-refractivity contribution in [1.29, 1.82) is 0 Å². The number of unbranched alkanes of at least 4 members (excludes halogenated alkanes) is 1. The van der Waals surface area contributed by atoms with Crippen molar-refractivity contribution in [3.8, 4) is 11.3 Å². The summed E-state index contributed by atoms with van der Waals surface area (Å²) in [6.45, 7) is 6.10. The molecule has 5 nitrogen and oxygen atoms in total. The monoisotopic (exact) mass is 349 g/mol. The van der Waals surface area contributed by atoms with Gasteiger partial charge < -0.3 is 14.2 Å². The van der Waals surface area contributed by atoms with E-state index < -0.39 is 0 Å². The van der Waals surface area contributed by atoms with Crippen molar-refractivity contribution in [2.24, 2.45) is 0 Å². The van der Waals surface area contributed by atoms with Crippen LogP contribution in [0.3, 0.4) is 0 Å². The summed E-state index contributed by atoms with van der Waals surface area (Å²) in [6, 6.07) is 8.27. The average molecular weight is 350 g/mol. The molecule has 0 atom stereocenters. The number of methoxy groups -OCH3 is 1. The molecule has 1 aliphatic rings. The summed E-state index contributed by atoms with van der Waals surface area (Å²) in [6.07, 6.45) is 2.11. The Bertz CT molecular complexity index is 710. The summed E-state index contributed by atoms with van der Waals surface area (Å²) >= 11 is 0. The van der Waals surface area contributed by atoms with Gasteiger partial charge in [0.15, 0.2) is 0 Å². The number of benzene rings is 1. The lowest BCUT2D eigenvalue weighted by Gasteiger charge is -2.15. The van der Waals surface area contributed by atoms with E-state index in [2.05, 4.69) is 36.2 Å². The van der Waals surface area contributed by atoms with Crippen molar-refractivity contribution in [2.75, 3.05) is 13.7 Å². The van der Waals surface area contributed by atoms with Crippen LogP contribution in [0.2, 0.25) is 0 Å². The molecule has 1 amide bonds. The van der Waals surface area contributed by atoms with E-state index in [1.165, 1.54) is 0 Å². The van der Waals surface area contributed by atoms with Gasteiger partial charge in [0.1, 0.15) is 0 Å². The number of ether oxygens (including phenoxy) is 1. The maximum absolute atomic E-state index is 12.5. The summed E-state index contributed by atoms with van der Waals surface area (Å²) in [7, 11) is 1.69. The van der Waals surface area contributed by atoms with E-state index in [4.69, 9.17) is 4.74 Å². The Morgan fingerprint density at radius 1 is 1.25 bits per heavy atom. The lowest BCUT2D eigenvalue weighted by molar-refractivity contribution is 0.0763. The van der Waals surface area contributed by atoms with Gasteiger partial charge in [-0.15, -0.1) is 12.4 Å². The SMILES string of the molecule is CCCCN1Cn2c(nc(C)c2-c2ccc(COC)cc2)C1=O.Cl. The van der Waals surface area contributed by atoms with Crippen LogP contribution < -0.4 is 0 Å². The van der Waals surface area contributed by atoms with Crippen LogP contribution in [0, 0.1) is 6.92 Å². The van der Waals surface area contributed by atoms with Crippen LogP contribution in [0.5, 0.6) is 0 Å². The zero-order valence-electron chi connectivity index (χ0n) is 14.4. The minimum Gasteiger partial charge on any atom is -0.380 e. The van der Waals surface area contributed by atoms with Gasteiger partial charge in [-0.1, -0.05) is 37.6 Å². The molecular formula is C18H24ClN3O2. The Labute approximate surface area is 149 Å². The summed E-state index contributed by atoms with van der Waals surface area (Å²) in [5.41, 5.74) is 4.17. The highest BCUT2D eigenvalue weighted by Gasteiger charge is 2.32. The van der Waals surface area contributed by atoms with Gasteiger partial charge in [0.2, 0.25) is 5.82 Å². The van der Waals surface area contributed by atoms with E-state index in [0.717, 1.165) is 41.9 Å². The van der Waals surface area contributed by atoms with Gasteiger partial charge in [-0.25, -0.2) is 4.98 Å². The highest BCUT2D eigenvalue weighted by molar-refractivity contribution is 5.94. The maximum atomic E-state index is 12.5. The van der Waals surface area contributed by atoms with Gasteiger partial charge in [-0.05, 0) is 18.9 Å². The fourth-order valence-electron chi connectivity index (χ4n) is 3.06. The number of nitrogens with zero attached hydrogens (tertiary/aromatic N) is 3. The number of hydrogen-bond donors (Lipinski definition) is 0. The molecule has 130 valence electrons. The predicted molar refractivity (Wildman–Crippen MR) is 96.3 cm³/mol. The van der Waals surface area contributed by atoms with E-state index in [9.17, 15) is 4.79 Å². The fourth-order valence-corrected chi connectivity index (χ4v) is 3.06. The van der Waals surface area contributed by atoms with Crippen molar-refractivity contribution >= 4 is 18.3 Å². The molecule has 0 aliphatic carbocycles. The highest BCUT2D eigenvalue weighted by Crippen LogP contribution is 2.29. The lowest BCUT2D eigenvalue weighted by Crippen LogP contribution is -2.26. The minimum absolute atomic E-state index is 0. The number of aryl methyl sites for hydroxylation is 1. The molecule has 2 aromatic rings. The van der Waals surface area contributed by atoms with E-state index in [-0.39, 0.29) is 18.3 Å². The van der Waals surface area contributed by atoms with Crippen LogP contribution in [-0.4, -0.2) is 34.0 Å². The molecular weight excluding hydrogens is 326 g/mol. The second kappa shape index (κ2) is 7.81. The zero-order chi connectivity index (χ0) is 16.4. The Morgan fingerprint density at radius 2 is 1.96 bits per heavy atom. The van der Waals surface area contributed by atoms with Crippen molar-refractivity contribution in [2.45, 2.75) is 40.0 Å². The van der Waals surface area contributed by atoms with Gasteiger partial charge >= 0.3 is 0 Å². The van der Waals surface area contributed by atoms with Crippen LogP contribution in [0.15, 0.2) is 24.3 Å². The number of fused-ring (bicyclic) bond motifs is 1. The molecule has 1 aromatic carbocycles. The first-order valence-corrected chi connectivity index (χ1v) is 8.10. The third-order valence-electron chi connectivity index (χ3n) is 4.25. The van der Waals surface area contributed by atoms with Crippen molar-refractivity contribution < 1.29 is 9.53 Å². The zero-order valence-corrected chi connectivity index (χ0v) is 15.2. The topological polar surface area (TPSA) is 47.4 Å². The number of carbonyl (C=O) groups is 1. The van der Waals surface area contributed by atoms with Crippen molar-refractivity contribution in [1.82, 2.24) is 14.5 Å². The van der Waals surface area contributed by atoms with Gasteiger partial charge in [-0.2, -0.15) is 0 Å². The Hall–Kier alpha value is -1.85. The summed E-state index contributed by atoms with van der Waals surface area (Å²) in [5.74, 6) is 0.610. The standard InChI is InChI=1S/C18H23N3O2.ClH/c1-4-5-10-20-12-21-16(13(2)19-17(21)18(20)22)15-8-6-14(7-9-15)11-23-3;/h6-9H,4-5,10-12H2,1-3H3;1H. The van der Waals surface area contributed by atoms with E-state index in [0.29, 0.717) is 19.1 Å². The van der Waals surface area contributed by atoms with Crippen molar-refractivity contribution in [3.05, 3.63) is 41.3 Å². The normalized spacial score (nSPS) is 13.1. The predicted octanol–water partition coefficient (Wildman–Crippen LogP) is 3.64. The molecule has 1 aliphatic heterocycles. The van der Waals surface area contributed by atoms with E-state index in [1.807, 2.05) is 16.4 Å². The number of amides is 1. The molecule has 0 N–H and O–H groups in total. The van der Waals surface area contributed by atoms with Crippen LogP contribution in [0.4, 0.5) is 0 Å². The number of hydrogen-bond acceptors (Lipinski definition) is 3. The first-order chi connectivity index (χ1) is 11.2. The minimum atomic E-state index is 0. The Balaban J connectivity index is 0.00000208. The first kappa shape index (κ1) is 18.5. The molecule has 24 heavy (non-hydrogen) atoms. The van der Waals surface area contributed by atoms with E-state index in [1.54, 1.807) is 7.11 Å². The van der Waals surface area contributed by atoms with Gasteiger partial charge in [0.05, 0.1) is 24.7 Å². The second-order valence-corrected chi connectivity index (χ2v) is 5.99. The third-order valence-corrected chi connectivity index (χ3v) is 4.25. The number of halogens is 1. The van der Waals surface area contributed by atoms with Crippen LogP contribution in [0.1, 0.15) is 41.6 Å². The number of aromatic nitrogens is 2. The van der Waals surface area contributed by atoms with Crippen LogP contribution in [0.25, 0.3) is 11.3 Å². The van der Waals surface area contributed by atoms with Gasteiger partial charge in [0.25, 0.3) is 5.91 Å². The summed E-state index contributed by atoms with van der Waals surface area (Å²) < 4.78 is 7.19. The molecule has 0 fully saturated rings. The molecule has 0 saturated heterocycles. The smallest absolute Gasteiger partial charge is 0.291 e. The Kier molecular flexibility index (Phi) is 6.02. The molecule has 0 unspecified atom stereocenters. The second-order valence-electron chi connectivity index (χ2n) is 5.99. The molecule has 6 heteroatoms. The van der Waals surface area contributed by atoms with Gasteiger partial charge in [-0.3, -0.25) is 4.79 Å². The van der Waals surface area contributed by atoms with Crippen LogP contribution >= 0.6 is 12.4 Å². The Morgan fingerprint density at radius 3 is 2.58 bits per heavy atom. The number of rotatable bonds is 6. The number of imidazole rings is 1. The molecule has 0 spiro atoms. The summed E-state index contributed by atoms with van der Waals surface area (Å²) in [4.78, 5) is 18.9. The largest absolute Gasteiger partial charge is 0.380 e. The average Bonchev–Trinajstić information content (AvgIpc) is 3.02. The lowest BCUT2D eigenvalue weighted by atomic mass is 10.1. The van der Waals surface area contributed by atoms with Crippen LogP contribution in [-0.2, 0) is 18.0 Å². The molecule has 1 aromatic heterocycles. The first-order valence-electron chi connectivity index (χ1n) is 8.10. The van der Waals surface area contributed by atoms with E-state index >= 15 is 0 Å².